The quantitative estimate of drug-likeness (QED) is 0.498. The number of hydrogen-bond donors (Lipinski definition) is 0. The first-order valence-corrected chi connectivity index (χ1v) is 11.3. The maximum atomic E-state index is 6.49. The van der Waals surface area contributed by atoms with Gasteiger partial charge in [-0.3, -0.25) is 0 Å². The van der Waals surface area contributed by atoms with E-state index in [1.165, 1.54) is 12.8 Å². The van der Waals surface area contributed by atoms with Gasteiger partial charge in [0.1, 0.15) is 6.10 Å². The van der Waals surface area contributed by atoms with E-state index in [1.807, 2.05) is 11.4 Å². The molecule has 0 bridgehead atoms. The SMILES string of the molecule is CC(C)(C)[Si](C)(C)O[C@H](C#CC1CC1)c1ccsc1Cl. The Kier molecular flexibility index (Phi) is 4.71. The zero-order valence-electron chi connectivity index (χ0n) is 12.9. The zero-order chi connectivity index (χ0) is 15.0. The Hall–Kier alpha value is -0.273. The summed E-state index contributed by atoms with van der Waals surface area (Å²) in [6.45, 7) is 11.3. The minimum atomic E-state index is -1.86. The lowest BCUT2D eigenvalue weighted by Crippen LogP contribution is -2.41. The van der Waals surface area contributed by atoms with Crippen molar-refractivity contribution in [2.45, 2.75) is 57.8 Å². The van der Waals surface area contributed by atoms with Crippen molar-refractivity contribution in [3.8, 4) is 11.8 Å². The molecule has 0 aromatic carbocycles. The van der Waals surface area contributed by atoms with Gasteiger partial charge in [0.05, 0.1) is 4.34 Å². The normalized spacial score (nSPS) is 17.5. The van der Waals surface area contributed by atoms with Crippen LogP contribution in [0.4, 0.5) is 0 Å². The summed E-state index contributed by atoms with van der Waals surface area (Å²) < 4.78 is 7.30. The third-order valence-corrected chi connectivity index (χ3v) is 9.78. The van der Waals surface area contributed by atoms with Crippen molar-refractivity contribution in [2.24, 2.45) is 5.92 Å². The Labute approximate surface area is 132 Å². The molecule has 1 aromatic rings. The first kappa shape index (κ1) is 16.1. The van der Waals surface area contributed by atoms with E-state index in [-0.39, 0.29) is 11.1 Å². The molecule has 2 rings (SSSR count). The highest BCUT2D eigenvalue weighted by Gasteiger charge is 2.39. The van der Waals surface area contributed by atoms with Gasteiger partial charge in [0.15, 0.2) is 8.32 Å². The van der Waals surface area contributed by atoms with Crippen LogP contribution in [0.25, 0.3) is 0 Å². The summed E-state index contributed by atoms with van der Waals surface area (Å²) in [5.74, 6) is 7.26. The van der Waals surface area contributed by atoms with Gasteiger partial charge >= 0.3 is 0 Å². The minimum absolute atomic E-state index is 0.171. The van der Waals surface area contributed by atoms with Gasteiger partial charge in [0.25, 0.3) is 0 Å². The van der Waals surface area contributed by atoms with Gasteiger partial charge in [-0.25, -0.2) is 0 Å². The molecule has 0 spiro atoms. The van der Waals surface area contributed by atoms with Crippen LogP contribution < -0.4 is 0 Å². The highest BCUT2D eigenvalue weighted by molar-refractivity contribution is 7.14. The predicted octanol–water partition coefficient (Wildman–Crippen LogP) is 5.88. The van der Waals surface area contributed by atoms with Crippen molar-refractivity contribution in [2.75, 3.05) is 0 Å². The molecule has 0 unspecified atom stereocenters. The average Bonchev–Trinajstić information content (AvgIpc) is 3.04. The van der Waals surface area contributed by atoms with E-state index in [1.54, 1.807) is 11.3 Å². The molecule has 110 valence electrons. The fraction of sp³-hybridized carbons (Fsp3) is 0.625. The highest BCUT2D eigenvalue weighted by atomic mass is 35.5. The van der Waals surface area contributed by atoms with Crippen molar-refractivity contribution in [1.29, 1.82) is 0 Å². The Morgan fingerprint density at radius 3 is 2.50 bits per heavy atom. The molecule has 0 N–H and O–H groups in total. The van der Waals surface area contributed by atoms with Crippen molar-refractivity contribution in [1.82, 2.24) is 0 Å². The molecule has 1 aliphatic carbocycles. The van der Waals surface area contributed by atoms with Crippen molar-refractivity contribution in [3.63, 3.8) is 0 Å². The van der Waals surface area contributed by atoms with E-state index in [0.717, 1.165) is 9.90 Å². The molecule has 1 fully saturated rings. The molecule has 1 heterocycles. The summed E-state index contributed by atoms with van der Waals surface area (Å²) in [5.41, 5.74) is 1.04. The first-order chi connectivity index (χ1) is 9.21. The molecular weight excluding hydrogens is 304 g/mol. The van der Waals surface area contributed by atoms with E-state index < -0.39 is 8.32 Å². The standard InChI is InChI=1S/C16H23ClOSSi/c1-16(2,3)20(4,5)18-14(9-8-12-6-7-12)13-10-11-19-15(13)17/h10-12,14H,6-7H2,1-5H3/t14-/m1/s1. The number of thiophene rings is 1. The molecule has 1 aliphatic rings. The molecule has 0 aliphatic heterocycles. The monoisotopic (exact) mass is 326 g/mol. The van der Waals surface area contributed by atoms with E-state index in [2.05, 4.69) is 45.7 Å². The van der Waals surface area contributed by atoms with Crippen LogP contribution in [0.1, 0.15) is 45.3 Å². The molecule has 1 atom stereocenters. The summed E-state index contributed by atoms with van der Waals surface area (Å²) in [6.07, 6.45) is 2.30. The largest absolute Gasteiger partial charge is 0.399 e. The summed E-state index contributed by atoms with van der Waals surface area (Å²) in [5, 5.41) is 2.19. The van der Waals surface area contributed by atoms with Gasteiger partial charge < -0.3 is 4.43 Å². The molecule has 0 radical (unpaired) electrons. The molecular formula is C16H23ClOSSi. The molecule has 4 heteroatoms. The smallest absolute Gasteiger partial charge is 0.194 e. The molecule has 1 saturated carbocycles. The molecule has 0 saturated heterocycles. The van der Waals surface area contributed by atoms with Crippen molar-refractivity contribution < 1.29 is 4.43 Å². The van der Waals surface area contributed by atoms with Crippen LogP contribution in [-0.2, 0) is 4.43 Å². The number of halogens is 1. The lowest BCUT2D eigenvalue weighted by Gasteiger charge is -2.38. The number of hydrogen-bond acceptors (Lipinski definition) is 2. The highest BCUT2D eigenvalue weighted by Crippen LogP contribution is 2.41. The molecule has 1 nitrogen and oxygen atoms in total. The van der Waals surface area contributed by atoms with Crippen LogP contribution in [-0.4, -0.2) is 8.32 Å². The second-order valence-electron chi connectivity index (χ2n) is 6.97. The third kappa shape index (κ3) is 3.89. The fourth-order valence-electron chi connectivity index (χ4n) is 1.55. The van der Waals surface area contributed by atoms with Crippen molar-refractivity contribution in [3.05, 3.63) is 21.3 Å². The lowest BCUT2D eigenvalue weighted by atomic mass is 10.2. The predicted molar refractivity (Wildman–Crippen MR) is 90.9 cm³/mol. The summed E-state index contributed by atoms with van der Waals surface area (Å²) in [4.78, 5) is 0. The van der Waals surface area contributed by atoms with Crippen LogP contribution in [0.3, 0.4) is 0 Å². The maximum Gasteiger partial charge on any atom is 0.194 e. The average molecular weight is 327 g/mol. The second kappa shape index (κ2) is 5.85. The van der Waals surface area contributed by atoms with Gasteiger partial charge in [0, 0.05) is 11.5 Å². The van der Waals surface area contributed by atoms with Gasteiger partial charge in [-0.1, -0.05) is 44.2 Å². The summed E-state index contributed by atoms with van der Waals surface area (Å²) in [6, 6.07) is 2.05. The summed E-state index contributed by atoms with van der Waals surface area (Å²) in [7, 11) is -1.86. The Morgan fingerprint density at radius 2 is 2.05 bits per heavy atom. The van der Waals surface area contributed by atoms with Crippen LogP contribution in [0.5, 0.6) is 0 Å². The van der Waals surface area contributed by atoms with Crippen LogP contribution in [0.15, 0.2) is 11.4 Å². The second-order valence-corrected chi connectivity index (χ2v) is 13.2. The Balaban J connectivity index is 2.24. The summed E-state index contributed by atoms with van der Waals surface area (Å²) >= 11 is 7.84. The van der Waals surface area contributed by atoms with Gasteiger partial charge in [-0.2, -0.15) is 0 Å². The minimum Gasteiger partial charge on any atom is -0.399 e. The first-order valence-electron chi connectivity index (χ1n) is 7.12. The van der Waals surface area contributed by atoms with E-state index in [9.17, 15) is 0 Å². The zero-order valence-corrected chi connectivity index (χ0v) is 15.5. The third-order valence-electron chi connectivity index (χ3n) is 4.14. The number of rotatable bonds is 3. The molecule has 1 aromatic heterocycles. The topological polar surface area (TPSA) is 9.23 Å². The van der Waals surface area contributed by atoms with Gasteiger partial charge in [-0.05, 0) is 42.4 Å². The van der Waals surface area contributed by atoms with E-state index in [0.29, 0.717) is 5.92 Å². The lowest BCUT2D eigenvalue weighted by molar-refractivity contribution is 0.238. The van der Waals surface area contributed by atoms with Crippen LogP contribution in [0.2, 0.25) is 22.5 Å². The van der Waals surface area contributed by atoms with Gasteiger partial charge in [0.2, 0.25) is 0 Å². The van der Waals surface area contributed by atoms with Crippen LogP contribution >= 0.6 is 22.9 Å². The van der Waals surface area contributed by atoms with Gasteiger partial charge in [-0.15, -0.1) is 11.3 Å². The maximum absolute atomic E-state index is 6.49. The molecule has 0 amide bonds. The van der Waals surface area contributed by atoms with E-state index in [4.69, 9.17) is 16.0 Å². The van der Waals surface area contributed by atoms with E-state index >= 15 is 0 Å². The van der Waals surface area contributed by atoms with Crippen LogP contribution in [0, 0.1) is 17.8 Å². The fourth-order valence-corrected chi connectivity index (χ4v) is 3.64. The Morgan fingerprint density at radius 1 is 1.40 bits per heavy atom. The Bertz CT molecular complexity index is 529. The van der Waals surface area contributed by atoms with Crippen molar-refractivity contribution >= 4 is 31.3 Å². The molecule has 20 heavy (non-hydrogen) atoms.